The normalized spacial score (nSPS) is 25.8. The molecule has 4 aliphatic rings. The molecule has 0 N–H and O–H groups in total. The number of Topliss-reactive ketones (excluding diaryl/α,β-unsaturated/α-hetero) is 1. The second-order valence-electron chi connectivity index (χ2n) is 12.1. The number of hydrogen-bond donors (Lipinski definition) is 0. The minimum absolute atomic E-state index is 0.00944. The first-order valence-electron chi connectivity index (χ1n) is 13.0. The van der Waals surface area contributed by atoms with Crippen LogP contribution in [0, 0.1) is 10.8 Å². The van der Waals surface area contributed by atoms with Crippen LogP contribution in [0.1, 0.15) is 97.8 Å². The number of amides is 2. The van der Waals surface area contributed by atoms with E-state index < -0.39 is 5.60 Å². The van der Waals surface area contributed by atoms with Crippen LogP contribution in [0.25, 0.3) is 0 Å². The molecule has 2 saturated carbocycles. The largest absolute Gasteiger partial charge is 0.446 e. The molecule has 2 spiro atoms. The fourth-order valence-corrected chi connectivity index (χ4v) is 6.25. The molecule has 0 atom stereocenters. The number of piperidine rings is 2. The number of carbonyl (C=O) groups excluding carboxylic acids is 3. The highest BCUT2D eigenvalue weighted by molar-refractivity contribution is 5.79. The van der Waals surface area contributed by atoms with E-state index in [2.05, 4.69) is 0 Å². The van der Waals surface area contributed by atoms with E-state index in [4.69, 9.17) is 9.47 Å². The fourth-order valence-electron chi connectivity index (χ4n) is 6.25. The van der Waals surface area contributed by atoms with E-state index in [0.29, 0.717) is 18.6 Å². The first-order chi connectivity index (χ1) is 15.6. The predicted molar refractivity (Wildman–Crippen MR) is 125 cm³/mol. The van der Waals surface area contributed by atoms with Crippen molar-refractivity contribution in [2.75, 3.05) is 26.2 Å². The van der Waals surface area contributed by atoms with Crippen molar-refractivity contribution >= 4 is 18.0 Å². The number of likely N-dealkylation sites (tertiary alicyclic amines) is 2. The third kappa shape index (κ3) is 6.02. The number of rotatable bonds is 1. The Morgan fingerprint density at radius 2 is 1.21 bits per heavy atom. The van der Waals surface area contributed by atoms with Crippen molar-refractivity contribution in [1.82, 2.24) is 9.80 Å². The maximum absolute atomic E-state index is 12.8. The number of carbonyl (C=O) groups is 3. The van der Waals surface area contributed by atoms with Crippen LogP contribution in [-0.2, 0) is 14.3 Å². The van der Waals surface area contributed by atoms with Crippen molar-refractivity contribution in [2.45, 2.75) is 110 Å². The molecule has 2 aliphatic heterocycles. The summed E-state index contributed by atoms with van der Waals surface area (Å²) in [7, 11) is 0. The molecule has 2 saturated heterocycles. The molecular weight excluding hydrogens is 420 g/mol. The predicted octanol–water partition coefficient (Wildman–Crippen LogP) is 5.31. The van der Waals surface area contributed by atoms with E-state index in [1.54, 1.807) is 0 Å². The summed E-state index contributed by atoms with van der Waals surface area (Å²) in [6.07, 6.45) is 11.0. The second-order valence-corrected chi connectivity index (χ2v) is 12.1. The number of ketones is 1. The van der Waals surface area contributed by atoms with Gasteiger partial charge in [0.15, 0.2) is 0 Å². The summed E-state index contributed by atoms with van der Waals surface area (Å²) in [5.41, 5.74) is 0.0892. The van der Waals surface area contributed by atoms with Gasteiger partial charge in [-0.05, 0) is 95.8 Å². The summed E-state index contributed by atoms with van der Waals surface area (Å²) in [4.78, 5) is 40.4. The molecule has 0 bridgehead atoms. The molecule has 7 nitrogen and oxygen atoms in total. The van der Waals surface area contributed by atoms with Gasteiger partial charge in [-0.3, -0.25) is 4.79 Å². The summed E-state index contributed by atoms with van der Waals surface area (Å²) in [5, 5.41) is 0. The van der Waals surface area contributed by atoms with E-state index in [-0.39, 0.29) is 29.1 Å². The van der Waals surface area contributed by atoms with Crippen molar-refractivity contribution in [3.8, 4) is 0 Å². The first kappa shape index (κ1) is 24.3. The zero-order valence-corrected chi connectivity index (χ0v) is 20.8. The number of ether oxygens (including phenoxy) is 2. The average molecular weight is 463 g/mol. The number of hydrogen-bond acceptors (Lipinski definition) is 5. The van der Waals surface area contributed by atoms with Gasteiger partial charge in [0.2, 0.25) is 0 Å². The van der Waals surface area contributed by atoms with Gasteiger partial charge >= 0.3 is 12.2 Å². The molecular formula is C26H42N2O5. The molecule has 2 aliphatic carbocycles. The Labute approximate surface area is 198 Å². The van der Waals surface area contributed by atoms with Crippen LogP contribution < -0.4 is 0 Å². The third-order valence-electron chi connectivity index (χ3n) is 8.69. The van der Waals surface area contributed by atoms with E-state index in [0.717, 1.165) is 90.4 Å². The van der Waals surface area contributed by atoms with E-state index in [1.807, 2.05) is 30.6 Å². The van der Waals surface area contributed by atoms with Crippen LogP contribution in [0.2, 0.25) is 0 Å². The van der Waals surface area contributed by atoms with Crippen molar-refractivity contribution in [3.63, 3.8) is 0 Å². The minimum atomic E-state index is -0.460. The van der Waals surface area contributed by atoms with Gasteiger partial charge in [-0.25, -0.2) is 9.59 Å². The van der Waals surface area contributed by atoms with Gasteiger partial charge in [0.05, 0.1) is 0 Å². The Balaban J connectivity index is 1.18. The number of nitrogens with zero attached hydrogens (tertiary/aromatic N) is 2. The maximum atomic E-state index is 12.8. The summed E-state index contributed by atoms with van der Waals surface area (Å²) >= 11 is 0. The van der Waals surface area contributed by atoms with E-state index in [9.17, 15) is 14.4 Å². The molecule has 4 rings (SSSR count). The molecule has 2 amide bonds. The standard InChI is InChI=1S/C26H42N2O5/c1-24(2,3)33-23(31)28-18-14-26(15-19-28)10-6-21(7-11-26)32-22(30)27-16-12-25(13-17-27)8-4-20(29)5-9-25/h21H,4-19H2,1-3H3. The van der Waals surface area contributed by atoms with Crippen molar-refractivity contribution in [1.29, 1.82) is 0 Å². The monoisotopic (exact) mass is 462 g/mol. The zero-order chi connectivity index (χ0) is 23.7. The summed E-state index contributed by atoms with van der Waals surface area (Å²) in [5.74, 6) is 0.396. The summed E-state index contributed by atoms with van der Waals surface area (Å²) in [6.45, 7) is 8.71. The smallest absolute Gasteiger partial charge is 0.410 e. The highest BCUT2D eigenvalue weighted by Crippen LogP contribution is 2.46. The lowest BCUT2D eigenvalue weighted by Crippen LogP contribution is -2.48. The van der Waals surface area contributed by atoms with Crippen molar-refractivity contribution < 1.29 is 23.9 Å². The van der Waals surface area contributed by atoms with Gasteiger partial charge in [0.1, 0.15) is 17.5 Å². The van der Waals surface area contributed by atoms with Crippen LogP contribution >= 0.6 is 0 Å². The van der Waals surface area contributed by atoms with Crippen molar-refractivity contribution in [3.05, 3.63) is 0 Å². The molecule has 2 heterocycles. The van der Waals surface area contributed by atoms with Gasteiger partial charge in [-0.1, -0.05) is 0 Å². The Morgan fingerprint density at radius 3 is 1.70 bits per heavy atom. The van der Waals surface area contributed by atoms with Gasteiger partial charge in [-0.15, -0.1) is 0 Å². The molecule has 7 heteroatoms. The average Bonchev–Trinajstić information content (AvgIpc) is 2.77. The highest BCUT2D eigenvalue weighted by Gasteiger charge is 2.42. The van der Waals surface area contributed by atoms with E-state index >= 15 is 0 Å². The van der Waals surface area contributed by atoms with Crippen LogP contribution in [0.5, 0.6) is 0 Å². The third-order valence-corrected chi connectivity index (χ3v) is 8.69. The van der Waals surface area contributed by atoms with Gasteiger partial charge in [0, 0.05) is 39.0 Å². The van der Waals surface area contributed by atoms with Gasteiger partial charge in [0.25, 0.3) is 0 Å². The Kier molecular flexibility index (Phi) is 6.97. The topological polar surface area (TPSA) is 76.2 Å². The lowest BCUT2D eigenvalue weighted by atomic mass is 9.67. The molecule has 186 valence electrons. The lowest BCUT2D eigenvalue weighted by Gasteiger charge is -2.46. The lowest BCUT2D eigenvalue weighted by molar-refractivity contribution is -0.123. The first-order valence-corrected chi connectivity index (χ1v) is 13.0. The van der Waals surface area contributed by atoms with Gasteiger partial charge in [-0.2, -0.15) is 0 Å². The van der Waals surface area contributed by atoms with Crippen molar-refractivity contribution in [2.24, 2.45) is 10.8 Å². The van der Waals surface area contributed by atoms with Gasteiger partial charge < -0.3 is 19.3 Å². The highest BCUT2D eigenvalue weighted by atomic mass is 16.6. The second kappa shape index (κ2) is 9.46. The molecule has 0 aromatic rings. The summed E-state index contributed by atoms with van der Waals surface area (Å²) in [6, 6.07) is 0. The molecule has 0 unspecified atom stereocenters. The Hall–Kier alpha value is -1.79. The van der Waals surface area contributed by atoms with Crippen LogP contribution in [0.4, 0.5) is 9.59 Å². The fraction of sp³-hybridized carbons (Fsp3) is 0.885. The molecule has 4 fully saturated rings. The zero-order valence-electron chi connectivity index (χ0n) is 20.8. The van der Waals surface area contributed by atoms with Crippen LogP contribution in [0.15, 0.2) is 0 Å². The maximum Gasteiger partial charge on any atom is 0.410 e. The minimum Gasteiger partial charge on any atom is -0.446 e. The molecule has 33 heavy (non-hydrogen) atoms. The summed E-state index contributed by atoms with van der Waals surface area (Å²) < 4.78 is 11.4. The van der Waals surface area contributed by atoms with Crippen LogP contribution in [-0.4, -0.2) is 65.7 Å². The Bertz CT molecular complexity index is 720. The molecule has 0 aromatic carbocycles. The quantitative estimate of drug-likeness (QED) is 0.528. The SMILES string of the molecule is CC(C)(C)OC(=O)N1CCC2(CCC(OC(=O)N3CCC4(CCC(=O)CC4)CC3)CC2)CC1. The molecule has 0 aromatic heterocycles. The molecule has 0 radical (unpaired) electrons. The Morgan fingerprint density at radius 1 is 0.758 bits per heavy atom. The van der Waals surface area contributed by atoms with Crippen LogP contribution in [0.3, 0.4) is 0 Å². The van der Waals surface area contributed by atoms with E-state index in [1.165, 1.54) is 0 Å².